The smallest absolute Gasteiger partial charge is 0.252 e. The van der Waals surface area contributed by atoms with Gasteiger partial charge in [-0.05, 0) is 34.9 Å². The number of carbonyl (C=O) groups excluding carboxylic acids is 2. The maximum atomic E-state index is 14.0. The van der Waals surface area contributed by atoms with Crippen molar-refractivity contribution in [3.8, 4) is 17.2 Å². The van der Waals surface area contributed by atoms with Crippen LogP contribution >= 0.6 is 0 Å². The first-order chi connectivity index (χ1) is 21.5. The molecule has 1 fully saturated rings. The topological polar surface area (TPSA) is 93.2 Å². The van der Waals surface area contributed by atoms with Gasteiger partial charge in [0.25, 0.3) is 5.91 Å². The Kier molecular flexibility index (Phi) is 10.1. The molecular weight excluding hydrogens is 556 g/mol. The highest BCUT2D eigenvalue weighted by molar-refractivity contribution is 5.98. The first-order valence-electron chi connectivity index (χ1n) is 14.6. The van der Waals surface area contributed by atoms with Crippen molar-refractivity contribution >= 4 is 11.8 Å². The molecule has 228 valence electrons. The second kappa shape index (κ2) is 14.5. The molecule has 0 bridgehead atoms. The van der Waals surface area contributed by atoms with Crippen molar-refractivity contribution in [3.05, 3.63) is 120 Å². The van der Waals surface area contributed by atoms with E-state index in [0.29, 0.717) is 55.4 Å². The lowest BCUT2D eigenvalue weighted by atomic mass is 9.96. The van der Waals surface area contributed by atoms with Crippen LogP contribution in [0, 0.1) is 0 Å². The van der Waals surface area contributed by atoms with Crippen molar-refractivity contribution < 1.29 is 23.8 Å². The lowest BCUT2D eigenvalue weighted by Crippen LogP contribution is -2.56. The van der Waals surface area contributed by atoms with Crippen LogP contribution in [0.4, 0.5) is 0 Å². The van der Waals surface area contributed by atoms with Gasteiger partial charge in [0.2, 0.25) is 11.7 Å². The average Bonchev–Trinajstić information content (AvgIpc) is 3.08. The van der Waals surface area contributed by atoms with E-state index in [1.165, 1.54) is 32.5 Å². The van der Waals surface area contributed by atoms with Gasteiger partial charge in [0.15, 0.2) is 11.5 Å². The largest absolute Gasteiger partial charge is 0.493 e. The standard InChI is InChI=1S/C35H38N4O5/c1-42-30-22-28(23-31(43-2)33(30)44-3)34(40)37-29(21-25-11-10-16-36-24-25)35(41)39-19-17-38(18-20-39)32(26-12-6-4-7-13-26)27-14-8-5-9-15-27/h4-16,22-24,29,32H,17-21H2,1-3H3,(H,37,40). The Morgan fingerprint density at radius 1 is 0.795 bits per heavy atom. The molecule has 1 aromatic heterocycles. The van der Waals surface area contributed by atoms with Gasteiger partial charge in [-0.25, -0.2) is 0 Å². The third-order valence-corrected chi connectivity index (χ3v) is 7.91. The van der Waals surface area contributed by atoms with E-state index in [4.69, 9.17) is 14.2 Å². The van der Waals surface area contributed by atoms with Gasteiger partial charge in [0.1, 0.15) is 6.04 Å². The van der Waals surface area contributed by atoms with E-state index in [1.54, 1.807) is 24.5 Å². The molecule has 0 saturated carbocycles. The van der Waals surface area contributed by atoms with Crippen LogP contribution in [0.25, 0.3) is 0 Å². The number of aromatic nitrogens is 1. The Morgan fingerprint density at radius 3 is 1.89 bits per heavy atom. The predicted molar refractivity (Wildman–Crippen MR) is 168 cm³/mol. The molecule has 2 heterocycles. The van der Waals surface area contributed by atoms with E-state index in [0.717, 1.165) is 5.56 Å². The minimum absolute atomic E-state index is 0.0839. The molecule has 0 radical (unpaired) electrons. The van der Waals surface area contributed by atoms with Gasteiger partial charge in [0.05, 0.1) is 27.4 Å². The van der Waals surface area contributed by atoms with E-state index in [1.807, 2.05) is 29.2 Å². The fourth-order valence-corrected chi connectivity index (χ4v) is 5.71. The van der Waals surface area contributed by atoms with Crippen LogP contribution in [0.15, 0.2) is 97.3 Å². The minimum Gasteiger partial charge on any atom is -0.493 e. The van der Waals surface area contributed by atoms with Gasteiger partial charge < -0.3 is 24.4 Å². The molecular formula is C35H38N4O5. The summed E-state index contributed by atoms with van der Waals surface area (Å²) in [4.78, 5) is 36.1. The molecule has 0 spiro atoms. The molecule has 9 heteroatoms. The minimum atomic E-state index is -0.795. The summed E-state index contributed by atoms with van der Waals surface area (Å²) in [6.07, 6.45) is 3.71. The summed E-state index contributed by atoms with van der Waals surface area (Å²) in [7, 11) is 4.49. The monoisotopic (exact) mass is 594 g/mol. The SMILES string of the molecule is COc1cc(C(=O)NC(Cc2cccnc2)C(=O)N2CCN(C(c3ccccc3)c3ccccc3)CC2)cc(OC)c1OC. The maximum absolute atomic E-state index is 14.0. The normalized spacial score (nSPS) is 14.1. The number of pyridine rings is 1. The number of piperazine rings is 1. The summed E-state index contributed by atoms with van der Waals surface area (Å²) >= 11 is 0. The van der Waals surface area contributed by atoms with Crippen molar-refractivity contribution in [2.45, 2.75) is 18.5 Å². The summed E-state index contributed by atoms with van der Waals surface area (Å²) in [5.74, 6) is 0.546. The molecule has 3 aromatic carbocycles. The highest BCUT2D eigenvalue weighted by atomic mass is 16.5. The number of amides is 2. The molecule has 1 N–H and O–H groups in total. The molecule has 1 aliphatic heterocycles. The number of nitrogens with one attached hydrogen (secondary N) is 1. The van der Waals surface area contributed by atoms with Crippen LogP contribution in [0.1, 0.15) is 33.1 Å². The molecule has 4 aromatic rings. The van der Waals surface area contributed by atoms with E-state index in [9.17, 15) is 9.59 Å². The van der Waals surface area contributed by atoms with Crippen LogP contribution < -0.4 is 19.5 Å². The third-order valence-electron chi connectivity index (χ3n) is 7.91. The molecule has 2 amide bonds. The second-order valence-corrected chi connectivity index (χ2v) is 10.6. The van der Waals surface area contributed by atoms with Crippen molar-refractivity contribution in [3.63, 3.8) is 0 Å². The molecule has 44 heavy (non-hydrogen) atoms. The van der Waals surface area contributed by atoms with E-state index in [-0.39, 0.29) is 11.9 Å². The third kappa shape index (κ3) is 7.01. The van der Waals surface area contributed by atoms with Gasteiger partial charge >= 0.3 is 0 Å². The lowest BCUT2D eigenvalue weighted by Gasteiger charge is -2.40. The Morgan fingerprint density at radius 2 is 1.39 bits per heavy atom. The lowest BCUT2D eigenvalue weighted by molar-refractivity contribution is -0.135. The van der Waals surface area contributed by atoms with Crippen molar-refractivity contribution in [2.24, 2.45) is 0 Å². The van der Waals surface area contributed by atoms with Gasteiger partial charge in [0, 0.05) is 50.6 Å². The van der Waals surface area contributed by atoms with Crippen molar-refractivity contribution in [2.75, 3.05) is 47.5 Å². The summed E-state index contributed by atoms with van der Waals surface area (Å²) in [6, 6.07) is 27.1. The fourth-order valence-electron chi connectivity index (χ4n) is 5.71. The van der Waals surface area contributed by atoms with Gasteiger partial charge in [-0.3, -0.25) is 19.5 Å². The Balaban J connectivity index is 1.35. The molecule has 0 aliphatic carbocycles. The van der Waals surface area contributed by atoms with E-state index in [2.05, 4.69) is 63.7 Å². The van der Waals surface area contributed by atoms with Crippen LogP contribution in [0.3, 0.4) is 0 Å². The second-order valence-electron chi connectivity index (χ2n) is 10.6. The molecule has 9 nitrogen and oxygen atoms in total. The fraction of sp³-hybridized carbons (Fsp3) is 0.286. The van der Waals surface area contributed by atoms with Crippen molar-refractivity contribution in [1.82, 2.24) is 20.1 Å². The molecule has 1 unspecified atom stereocenters. The molecule has 1 atom stereocenters. The first-order valence-corrected chi connectivity index (χ1v) is 14.6. The van der Waals surface area contributed by atoms with Gasteiger partial charge in [-0.2, -0.15) is 0 Å². The maximum Gasteiger partial charge on any atom is 0.252 e. The zero-order chi connectivity index (χ0) is 30.9. The highest BCUT2D eigenvalue weighted by Gasteiger charge is 2.32. The zero-order valence-corrected chi connectivity index (χ0v) is 25.3. The Bertz CT molecular complexity index is 1460. The summed E-state index contributed by atoms with van der Waals surface area (Å²) < 4.78 is 16.3. The van der Waals surface area contributed by atoms with E-state index < -0.39 is 11.9 Å². The predicted octanol–water partition coefficient (Wildman–Crippen LogP) is 4.38. The van der Waals surface area contributed by atoms with E-state index >= 15 is 0 Å². The quantitative estimate of drug-likeness (QED) is 0.276. The number of nitrogens with zero attached hydrogens (tertiary/aromatic N) is 3. The molecule has 1 saturated heterocycles. The summed E-state index contributed by atoms with van der Waals surface area (Å²) in [5.41, 5.74) is 3.57. The molecule has 5 rings (SSSR count). The van der Waals surface area contributed by atoms with Crippen molar-refractivity contribution in [1.29, 1.82) is 0 Å². The average molecular weight is 595 g/mol. The number of methoxy groups -OCH3 is 3. The first kappa shape index (κ1) is 30.6. The Hall–Kier alpha value is -4.89. The van der Waals surface area contributed by atoms with Gasteiger partial charge in [-0.1, -0.05) is 66.7 Å². The number of benzene rings is 3. The number of hydrogen-bond donors (Lipinski definition) is 1. The summed E-state index contributed by atoms with van der Waals surface area (Å²) in [6.45, 7) is 2.47. The number of ether oxygens (including phenoxy) is 3. The van der Waals surface area contributed by atoms with Crippen LogP contribution in [-0.2, 0) is 11.2 Å². The highest BCUT2D eigenvalue weighted by Crippen LogP contribution is 2.38. The summed E-state index contributed by atoms with van der Waals surface area (Å²) in [5, 5.41) is 2.98. The zero-order valence-electron chi connectivity index (χ0n) is 25.3. The van der Waals surface area contributed by atoms with Crippen LogP contribution in [0.5, 0.6) is 17.2 Å². The number of rotatable bonds is 11. The Labute approximate surface area is 258 Å². The van der Waals surface area contributed by atoms with Crippen LogP contribution in [0.2, 0.25) is 0 Å². The number of hydrogen-bond acceptors (Lipinski definition) is 7. The van der Waals surface area contributed by atoms with Crippen LogP contribution in [-0.4, -0.2) is 80.1 Å². The number of carbonyl (C=O) groups is 2. The molecule has 1 aliphatic rings. The van der Waals surface area contributed by atoms with Gasteiger partial charge in [-0.15, -0.1) is 0 Å².